The zero-order valence-corrected chi connectivity index (χ0v) is 15.9. The summed E-state index contributed by atoms with van der Waals surface area (Å²) >= 11 is 0. The van der Waals surface area contributed by atoms with E-state index in [0.29, 0.717) is 22.6 Å². The van der Waals surface area contributed by atoms with E-state index in [1.807, 2.05) is 12.1 Å². The van der Waals surface area contributed by atoms with Crippen LogP contribution in [0.25, 0.3) is 0 Å². The van der Waals surface area contributed by atoms with Crippen molar-refractivity contribution in [2.75, 3.05) is 33.9 Å². The van der Waals surface area contributed by atoms with Crippen LogP contribution in [0, 0.1) is 0 Å². The summed E-state index contributed by atoms with van der Waals surface area (Å²) < 4.78 is 0. The molecule has 8 heteroatoms. The van der Waals surface area contributed by atoms with Crippen molar-refractivity contribution in [3.63, 3.8) is 0 Å². The Morgan fingerprint density at radius 3 is 1.96 bits per heavy atom. The van der Waals surface area contributed by atoms with Gasteiger partial charge < -0.3 is 20.9 Å². The summed E-state index contributed by atoms with van der Waals surface area (Å²) in [5.74, 6) is -0.00769. The number of rotatable bonds is 5. The van der Waals surface area contributed by atoms with Crippen molar-refractivity contribution < 1.29 is 14.4 Å². The molecule has 146 valence electrons. The van der Waals surface area contributed by atoms with Gasteiger partial charge in [-0.2, -0.15) is 0 Å². The van der Waals surface area contributed by atoms with Crippen LogP contribution in [0.15, 0.2) is 36.5 Å². The van der Waals surface area contributed by atoms with Gasteiger partial charge >= 0.3 is 0 Å². The van der Waals surface area contributed by atoms with Crippen molar-refractivity contribution in [2.45, 2.75) is 26.7 Å². The summed E-state index contributed by atoms with van der Waals surface area (Å²) in [7, 11) is 0. The zero-order chi connectivity index (χ0) is 20.1. The van der Waals surface area contributed by atoms with E-state index in [9.17, 15) is 14.4 Å². The lowest BCUT2D eigenvalue weighted by Gasteiger charge is -2.16. The van der Waals surface area contributed by atoms with Crippen molar-refractivity contribution in [3.8, 4) is 0 Å². The van der Waals surface area contributed by atoms with E-state index in [1.165, 1.54) is 26.7 Å². The smallest absolute Gasteiger partial charge is 0.255 e. The van der Waals surface area contributed by atoms with Gasteiger partial charge in [-0.1, -0.05) is 0 Å². The average molecular weight is 381 g/mol. The van der Waals surface area contributed by atoms with Crippen LogP contribution in [0.1, 0.15) is 37.0 Å². The molecule has 1 aliphatic heterocycles. The lowest BCUT2D eigenvalue weighted by molar-refractivity contribution is -0.115. The maximum atomic E-state index is 12.7. The monoisotopic (exact) mass is 381 g/mol. The van der Waals surface area contributed by atoms with Gasteiger partial charge in [-0.15, -0.1) is 0 Å². The van der Waals surface area contributed by atoms with E-state index in [2.05, 4.69) is 25.8 Å². The molecule has 1 fully saturated rings. The van der Waals surface area contributed by atoms with Gasteiger partial charge in [-0.05, 0) is 43.2 Å². The Kier molecular flexibility index (Phi) is 5.88. The third kappa shape index (κ3) is 5.06. The van der Waals surface area contributed by atoms with Gasteiger partial charge in [-0.25, -0.2) is 4.98 Å². The highest BCUT2D eigenvalue weighted by Gasteiger charge is 2.14. The molecule has 2 aromatic rings. The van der Waals surface area contributed by atoms with Crippen LogP contribution in [-0.2, 0) is 9.59 Å². The highest BCUT2D eigenvalue weighted by atomic mass is 16.2. The van der Waals surface area contributed by atoms with E-state index in [0.717, 1.165) is 18.9 Å². The Labute approximate surface area is 163 Å². The Bertz CT molecular complexity index is 855. The van der Waals surface area contributed by atoms with E-state index < -0.39 is 0 Å². The number of hydrogen-bond donors (Lipinski definition) is 3. The quantitative estimate of drug-likeness (QED) is 0.739. The molecule has 3 amide bonds. The Morgan fingerprint density at radius 1 is 0.857 bits per heavy atom. The summed E-state index contributed by atoms with van der Waals surface area (Å²) in [5.41, 5.74) is 1.72. The van der Waals surface area contributed by atoms with Crippen LogP contribution in [0.2, 0.25) is 0 Å². The topological polar surface area (TPSA) is 103 Å². The summed E-state index contributed by atoms with van der Waals surface area (Å²) in [6, 6.07) is 8.39. The molecule has 0 spiro atoms. The SMILES string of the molecule is CC(=O)Nc1cc(NC(C)=O)cc(C(=O)Nc2ccc(N3CCCC3)nc2)c1. The number of nitrogens with one attached hydrogen (secondary N) is 3. The van der Waals surface area contributed by atoms with E-state index in [4.69, 9.17) is 0 Å². The Balaban J connectivity index is 1.76. The molecular weight excluding hydrogens is 358 g/mol. The predicted molar refractivity (Wildman–Crippen MR) is 109 cm³/mol. The third-order valence-corrected chi connectivity index (χ3v) is 4.27. The largest absolute Gasteiger partial charge is 0.357 e. The highest BCUT2D eigenvalue weighted by molar-refractivity contribution is 6.06. The lowest BCUT2D eigenvalue weighted by Crippen LogP contribution is -2.19. The van der Waals surface area contributed by atoms with Gasteiger partial charge in [0.05, 0.1) is 11.9 Å². The first-order valence-corrected chi connectivity index (χ1v) is 9.13. The first kappa shape index (κ1) is 19.3. The molecule has 0 radical (unpaired) electrons. The summed E-state index contributed by atoms with van der Waals surface area (Å²) in [6.07, 6.45) is 3.96. The van der Waals surface area contributed by atoms with Gasteiger partial charge in [0.1, 0.15) is 5.82 Å². The van der Waals surface area contributed by atoms with Crippen LogP contribution in [0.3, 0.4) is 0 Å². The second-order valence-electron chi connectivity index (χ2n) is 6.71. The molecule has 1 aromatic carbocycles. The summed E-state index contributed by atoms with van der Waals surface area (Å²) in [6.45, 7) is 4.75. The van der Waals surface area contributed by atoms with E-state index >= 15 is 0 Å². The molecule has 28 heavy (non-hydrogen) atoms. The molecule has 3 rings (SSSR count). The molecule has 0 bridgehead atoms. The van der Waals surface area contributed by atoms with Crippen LogP contribution in [-0.4, -0.2) is 35.8 Å². The van der Waals surface area contributed by atoms with E-state index in [1.54, 1.807) is 24.4 Å². The predicted octanol–water partition coefficient (Wildman–Crippen LogP) is 2.85. The van der Waals surface area contributed by atoms with Gasteiger partial charge in [0.25, 0.3) is 5.91 Å². The number of carbonyl (C=O) groups is 3. The van der Waals surface area contributed by atoms with Crippen LogP contribution in [0.4, 0.5) is 22.9 Å². The Hall–Kier alpha value is -3.42. The number of carbonyl (C=O) groups excluding carboxylic acids is 3. The normalized spacial score (nSPS) is 13.1. The van der Waals surface area contributed by atoms with Crippen molar-refractivity contribution in [1.82, 2.24) is 4.98 Å². The molecule has 0 saturated carbocycles. The molecular formula is C20H23N5O3. The minimum Gasteiger partial charge on any atom is -0.357 e. The molecule has 2 heterocycles. The maximum Gasteiger partial charge on any atom is 0.255 e. The number of pyridine rings is 1. The minimum absolute atomic E-state index is 0.270. The summed E-state index contributed by atoms with van der Waals surface area (Å²) in [5, 5.41) is 8.05. The molecule has 1 saturated heterocycles. The lowest BCUT2D eigenvalue weighted by atomic mass is 10.1. The van der Waals surface area contributed by atoms with Crippen molar-refractivity contribution in [1.29, 1.82) is 0 Å². The van der Waals surface area contributed by atoms with Gasteiger partial charge in [0.2, 0.25) is 11.8 Å². The first-order valence-electron chi connectivity index (χ1n) is 9.13. The van der Waals surface area contributed by atoms with Gasteiger partial charge in [-0.3, -0.25) is 14.4 Å². The molecule has 1 aliphatic rings. The summed E-state index contributed by atoms with van der Waals surface area (Å²) in [4.78, 5) is 42.0. The van der Waals surface area contributed by atoms with Crippen LogP contribution >= 0.6 is 0 Å². The molecule has 8 nitrogen and oxygen atoms in total. The van der Waals surface area contributed by atoms with Crippen molar-refractivity contribution in [2.24, 2.45) is 0 Å². The van der Waals surface area contributed by atoms with Crippen molar-refractivity contribution in [3.05, 3.63) is 42.1 Å². The molecule has 0 unspecified atom stereocenters. The first-order chi connectivity index (χ1) is 13.4. The molecule has 1 aromatic heterocycles. The number of nitrogens with zero attached hydrogens (tertiary/aromatic N) is 2. The fraction of sp³-hybridized carbons (Fsp3) is 0.300. The van der Waals surface area contributed by atoms with Gasteiger partial charge in [0, 0.05) is 43.9 Å². The molecule has 0 atom stereocenters. The number of anilines is 4. The highest BCUT2D eigenvalue weighted by Crippen LogP contribution is 2.22. The van der Waals surface area contributed by atoms with E-state index in [-0.39, 0.29) is 17.7 Å². The second-order valence-corrected chi connectivity index (χ2v) is 6.71. The second kappa shape index (κ2) is 8.51. The van der Waals surface area contributed by atoms with Crippen LogP contribution < -0.4 is 20.9 Å². The van der Waals surface area contributed by atoms with Crippen LogP contribution in [0.5, 0.6) is 0 Å². The standard InChI is InChI=1S/C20H23N5O3/c1-13(26)22-17-9-15(10-18(11-17)23-14(2)27)20(28)24-16-5-6-19(21-12-16)25-7-3-4-8-25/h5-6,9-12H,3-4,7-8H2,1-2H3,(H,22,26)(H,23,27)(H,24,28). The molecule has 3 N–H and O–H groups in total. The average Bonchev–Trinajstić information content (AvgIpc) is 3.15. The fourth-order valence-electron chi connectivity index (χ4n) is 3.11. The number of hydrogen-bond acceptors (Lipinski definition) is 5. The van der Waals surface area contributed by atoms with Crippen molar-refractivity contribution >= 4 is 40.6 Å². The molecule has 0 aliphatic carbocycles. The minimum atomic E-state index is -0.366. The third-order valence-electron chi connectivity index (χ3n) is 4.27. The fourth-order valence-corrected chi connectivity index (χ4v) is 3.11. The number of amides is 3. The van der Waals surface area contributed by atoms with Gasteiger partial charge in [0.15, 0.2) is 0 Å². The Morgan fingerprint density at radius 2 is 1.46 bits per heavy atom. The number of benzene rings is 1. The maximum absolute atomic E-state index is 12.7. The zero-order valence-electron chi connectivity index (χ0n) is 15.9. The number of aromatic nitrogens is 1.